The molecule has 0 radical (unpaired) electrons. The highest BCUT2D eigenvalue weighted by Crippen LogP contribution is 2.29. The van der Waals surface area contributed by atoms with Crippen LogP contribution in [0.2, 0.25) is 0 Å². The molecule has 110 valence electrons. The van der Waals surface area contributed by atoms with Crippen molar-refractivity contribution in [3.63, 3.8) is 0 Å². The molecule has 0 amide bonds. The molecule has 0 aliphatic carbocycles. The number of nitro groups is 1. The molecule has 0 aliphatic rings. The molecule has 21 heavy (non-hydrogen) atoms. The van der Waals surface area contributed by atoms with Gasteiger partial charge < -0.3 is 14.8 Å². The summed E-state index contributed by atoms with van der Waals surface area (Å²) in [5.74, 6) is 1.04. The Hall–Kier alpha value is -2.76. The lowest BCUT2D eigenvalue weighted by Crippen LogP contribution is -2.01. The topological polar surface area (TPSA) is 73.6 Å². The number of benzene rings is 2. The number of ether oxygens (including phenoxy) is 2. The van der Waals surface area contributed by atoms with E-state index in [1.165, 1.54) is 13.2 Å². The second kappa shape index (κ2) is 6.60. The van der Waals surface area contributed by atoms with Crippen molar-refractivity contribution in [2.24, 2.45) is 0 Å². The van der Waals surface area contributed by atoms with Crippen molar-refractivity contribution in [2.45, 2.75) is 6.54 Å². The van der Waals surface area contributed by atoms with E-state index >= 15 is 0 Å². The second-order valence-corrected chi connectivity index (χ2v) is 4.35. The van der Waals surface area contributed by atoms with Crippen molar-refractivity contribution in [2.75, 3.05) is 19.5 Å². The third-order valence-electron chi connectivity index (χ3n) is 3.03. The largest absolute Gasteiger partial charge is 0.497 e. The molecule has 0 fully saturated rings. The van der Waals surface area contributed by atoms with Gasteiger partial charge in [-0.25, -0.2) is 0 Å². The highest BCUT2D eigenvalue weighted by Gasteiger charge is 2.14. The van der Waals surface area contributed by atoms with Crippen molar-refractivity contribution in [3.8, 4) is 11.5 Å². The van der Waals surface area contributed by atoms with Crippen LogP contribution in [0.5, 0.6) is 11.5 Å². The Bertz CT molecular complexity index is 626. The van der Waals surface area contributed by atoms with Crippen LogP contribution in [0.1, 0.15) is 5.56 Å². The van der Waals surface area contributed by atoms with Gasteiger partial charge in [0.2, 0.25) is 0 Å². The summed E-state index contributed by atoms with van der Waals surface area (Å²) in [4.78, 5) is 10.5. The molecule has 0 atom stereocenters. The van der Waals surface area contributed by atoms with E-state index in [0.29, 0.717) is 12.2 Å². The molecular formula is C15H16N2O4. The highest BCUT2D eigenvalue weighted by molar-refractivity contribution is 5.58. The van der Waals surface area contributed by atoms with Gasteiger partial charge >= 0.3 is 5.69 Å². The zero-order chi connectivity index (χ0) is 15.2. The quantitative estimate of drug-likeness (QED) is 0.652. The first-order chi connectivity index (χ1) is 10.1. The van der Waals surface area contributed by atoms with E-state index in [1.807, 2.05) is 24.3 Å². The lowest BCUT2D eigenvalue weighted by atomic mass is 10.2. The Balaban J connectivity index is 2.08. The average Bonchev–Trinajstić information content (AvgIpc) is 2.53. The minimum atomic E-state index is -0.461. The molecule has 0 aromatic heterocycles. The lowest BCUT2D eigenvalue weighted by Gasteiger charge is -2.08. The summed E-state index contributed by atoms with van der Waals surface area (Å²) in [5, 5.41) is 14.1. The van der Waals surface area contributed by atoms with Crippen LogP contribution in [-0.4, -0.2) is 19.1 Å². The number of nitrogens with one attached hydrogen (secondary N) is 1. The van der Waals surface area contributed by atoms with Gasteiger partial charge in [0.1, 0.15) is 5.75 Å². The molecule has 2 aromatic carbocycles. The average molecular weight is 288 g/mol. The molecule has 0 spiro atoms. The van der Waals surface area contributed by atoms with Gasteiger partial charge in [-0.1, -0.05) is 12.1 Å². The predicted octanol–water partition coefficient (Wildman–Crippen LogP) is 3.22. The number of rotatable bonds is 6. The molecule has 0 bridgehead atoms. The summed E-state index contributed by atoms with van der Waals surface area (Å²) >= 11 is 0. The smallest absolute Gasteiger partial charge is 0.312 e. The number of anilines is 1. The van der Waals surface area contributed by atoms with Gasteiger partial charge in [-0.05, 0) is 29.8 Å². The van der Waals surface area contributed by atoms with E-state index in [4.69, 9.17) is 9.47 Å². The maximum Gasteiger partial charge on any atom is 0.312 e. The lowest BCUT2D eigenvalue weighted by molar-refractivity contribution is -0.385. The molecule has 2 rings (SSSR count). The highest BCUT2D eigenvalue weighted by atomic mass is 16.6. The number of nitrogens with zero attached hydrogens (tertiary/aromatic N) is 1. The predicted molar refractivity (Wildman–Crippen MR) is 80.0 cm³/mol. The Morgan fingerprint density at radius 2 is 1.81 bits per heavy atom. The first-order valence-corrected chi connectivity index (χ1v) is 6.33. The second-order valence-electron chi connectivity index (χ2n) is 4.35. The Morgan fingerprint density at radius 3 is 2.38 bits per heavy atom. The zero-order valence-electron chi connectivity index (χ0n) is 11.8. The molecule has 0 saturated carbocycles. The van der Waals surface area contributed by atoms with Crippen molar-refractivity contribution in [1.29, 1.82) is 0 Å². The van der Waals surface area contributed by atoms with Crippen LogP contribution >= 0.6 is 0 Å². The van der Waals surface area contributed by atoms with Crippen LogP contribution in [0.3, 0.4) is 0 Å². The summed E-state index contributed by atoms with van der Waals surface area (Å²) in [6, 6.07) is 12.4. The number of nitro benzene ring substituents is 1. The van der Waals surface area contributed by atoms with E-state index in [-0.39, 0.29) is 11.4 Å². The first-order valence-electron chi connectivity index (χ1n) is 6.33. The third kappa shape index (κ3) is 3.62. The van der Waals surface area contributed by atoms with Crippen LogP contribution in [0, 0.1) is 10.1 Å². The van der Waals surface area contributed by atoms with Crippen LogP contribution in [-0.2, 0) is 6.54 Å². The molecule has 6 heteroatoms. The standard InChI is InChI=1S/C15H16N2O4/c1-20-13-6-3-11(4-7-13)10-16-12-5-8-15(21-2)14(9-12)17(18)19/h3-9,16H,10H2,1-2H3. The van der Waals surface area contributed by atoms with Crippen LogP contribution in [0.4, 0.5) is 11.4 Å². The normalized spacial score (nSPS) is 10.0. The Kier molecular flexibility index (Phi) is 4.61. The van der Waals surface area contributed by atoms with Gasteiger partial charge in [0.15, 0.2) is 5.75 Å². The van der Waals surface area contributed by atoms with Gasteiger partial charge in [-0.3, -0.25) is 10.1 Å². The Labute approximate surface area is 122 Å². The van der Waals surface area contributed by atoms with Crippen LogP contribution < -0.4 is 14.8 Å². The van der Waals surface area contributed by atoms with Crippen LogP contribution in [0.15, 0.2) is 42.5 Å². The molecule has 0 aliphatic heterocycles. The van der Waals surface area contributed by atoms with E-state index in [0.717, 1.165) is 11.3 Å². The molecule has 1 N–H and O–H groups in total. The van der Waals surface area contributed by atoms with Gasteiger partial charge in [-0.15, -0.1) is 0 Å². The van der Waals surface area contributed by atoms with Gasteiger partial charge in [-0.2, -0.15) is 0 Å². The summed E-state index contributed by atoms with van der Waals surface area (Å²) in [6.07, 6.45) is 0. The summed E-state index contributed by atoms with van der Waals surface area (Å²) < 4.78 is 10.1. The van der Waals surface area contributed by atoms with Gasteiger partial charge in [0.25, 0.3) is 0 Å². The third-order valence-corrected chi connectivity index (χ3v) is 3.03. The fourth-order valence-corrected chi connectivity index (χ4v) is 1.89. The fraction of sp³-hybridized carbons (Fsp3) is 0.200. The molecule has 0 heterocycles. The Morgan fingerprint density at radius 1 is 1.10 bits per heavy atom. The van der Waals surface area contributed by atoms with Crippen molar-refractivity contribution in [1.82, 2.24) is 0 Å². The van der Waals surface area contributed by atoms with Gasteiger partial charge in [0, 0.05) is 18.3 Å². The molecule has 0 unspecified atom stereocenters. The van der Waals surface area contributed by atoms with Crippen molar-refractivity contribution in [3.05, 3.63) is 58.1 Å². The van der Waals surface area contributed by atoms with E-state index < -0.39 is 4.92 Å². The molecule has 6 nitrogen and oxygen atoms in total. The van der Waals surface area contributed by atoms with E-state index in [1.54, 1.807) is 19.2 Å². The summed E-state index contributed by atoms with van der Waals surface area (Å²) in [6.45, 7) is 0.563. The number of hydrogen-bond acceptors (Lipinski definition) is 5. The van der Waals surface area contributed by atoms with E-state index in [2.05, 4.69) is 5.32 Å². The van der Waals surface area contributed by atoms with E-state index in [9.17, 15) is 10.1 Å². The zero-order valence-corrected chi connectivity index (χ0v) is 11.8. The molecule has 2 aromatic rings. The summed E-state index contributed by atoms with van der Waals surface area (Å²) in [5.41, 5.74) is 1.66. The SMILES string of the molecule is COc1ccc(CNc2ccc(OC)c([N+](=O)[O-])c2)cc1. The maximum absolute atomic E-state index is 11.0. The monoisotopic (exact) mass is 288 g/mol. The number of methoxy groups -OCH3 is 2. The minimum absolute atomic E-state index is 0.0581. The number of hydrogen-bond donors (Lipinski definition) is 1. The molecular weight excluding hydrogens is 272 g/mol. The molecule has 0 saturated heterocycles. The van der Waals surface area contributed by atoms with Crippen molar-refractivity contribution < 1.29 is 14.4 Å². The maximum atomic E-state index is 11.0. The minimum Gasteiger partial charge on any atom is -0.497 e. The summed E-state index contributed by atoms with van der Waals surface area (Å²) in [7, 11) is 3.02. The van der Waals surface area contributed by atoms with Crippen LogP contribution in [0.25, 0.3) is 0 Å². The van der Waals surface area contributed by atoms with Crippen molar-refractivity contribution >= 4 is 11.4 Å². The fourth-order valence-electron chi connectivity index (χ4n) is 1.89. The van der Waals surface area contributed by atoms with Gasteiger partial charge in [0.05, 0.1) is 19.1 Å². The first kappa shape index (κ1) is 14.6.